The lowest BCUT2D eigenvalue weighted by Gasteiger charge is -2.16. The van der Waals surface area contributed by atoms with Crippen molar-refractivity contribution >= 4 is 40.8 Å². The number of halogens is 1. The molecule has 146 valence electrons. The number of nitrogens with zero attached hydrogens (tertiary/aromatic N) is 1. The number of amides is 2. The zero-order chi connectivity index (χ0) is 20.1. The van der Waals surface area contributed by atoms with E-state index in [-0.39, 0.29) is 25.5 Å². The zero-order valence-electron chi connectivity index (χ0n) is 15.5. The topological polar surface area (TPSA) is 75.7 Å². The number of esters is 1. The summed E-state index contributed by atoms with van der Waals surface area (Å²) in [6.45, 7) is 1.83. The molecule has 1 saturated heterocycles. The van der Waals surface area contributed by atoms with E-state index in [9.17, 15) is 14.4 Å². The van der Waals surface area contributed by atoms with Crippen molar-refractivity contribution in [3.63, 3.8) is 0 Å². The number of anilines is 2. The molecule has 0 aromatic heterocycles. The van der Waals surface area contributed by atoms with Crippen molar-refractivity contribution in [2.75, 3.05) is 23.4 Å². The molecule has 2 amide bonds. The Morgan fingerprint density at radius 2 is 1.89 bits per heavy atom. The molecule has 2 aromatic rings. The Morgan fingerprint density at radius 1 is 1.18 bits per heavy atom. The van der Waals surface area contributed by atoms with Gasteiger partial charge in [-0.3, -0.25) is 14.4 Å². The number of hydrogen-bond acceptors (Lipinski definition) is 4. The average molecular weight is 401 g/mol. The van der Waals surface area contributed by atoms with Crippen LogP contribution in [0.25, 0.3) is 0 Å². The van der Waals surface area contributed by atoms with Crippen molar-refractivity contribution in [2.24, 2.45) is 5.92 Å². The molecule has 7 heteroatoms. The van der Waals surface area contributed by atoms with Crippen LogP contribution in [0.4, 0.5) is 11.4 Å². The molecular formula is C21H21ClN2O4. The van der Waals surface area contributed by atoms with Crippen molar-refractivity contribution in [1.82, 2.24) is 0 Å². The standard InChI is InChI=1S/C21H21ClN2O4/c1-2-14-5-3-4-6-18(14)23-19(25)13-28-21(27)15-11-20(26)24(12-15)17-9-7-16(22)8-10-17/h3-10,15H,2,11-13H2,1H3,(H,23,25). The molecule has 0 bridgehead atoms. The van der Waals surface area contributed by atoms with Gasteiger partial charge in [0, 0.05) is 29.4 Å². The Bertz CT molecular complexity index is 882. The minimum atomic E-state index is -0.598. The van der Waals surface area contributed by atoms with Gasteiger partial charge in [-0.15, -0.1) is 0 Å². The van der Waals surface area contributed by atoms with Crippen LogP contribution >= 0.6 is 11.6 Å². The second-order valence-corrected chi connectivity index (χ2v) is 6.98. The SMILES string of the molecule is CCc1ccccc1NC(=O)COC(=O)C1CC(=O)N(c2ccc(Cl)cc2)C1. The highest BCUT2D eigenvalue weighted by Gasteiger charge is 2.36. The maximum absolute atomic E-state index is 12.3. The Labute approximate surface area is 168 Å². The van der Waals surface area contributed by atoms with Crippen molar-refractivity contribution in [2.45, 2.75) is 19.8 Å². The van der Waals surface area contributed by atoms with Crippen LogP contribution in [0.2, 0.25) is 5.02 Å². The minimum absolute atomic E-state index is 0.0573. The molecule has 6 nitrogen and oxygen atoms in total. The molecule has 1 unspecified atom stereocenters. The van der Waals surface area contributed by atoms with Crippen LogP contribution in [0, 0.1) is 5.92 Å². The van der Waals surface area contributed by atoms with Gasteiger partial charge in [-0.2, -0.15) is 0 Å². The summed E-state index contributed by atoms with van der Waals surface area (Å²) in [5.74, 6) is -1.72. The predicted molar refractivity (Wildman–Crippen MR) is 107 cm³/mol. The summed E-state index contributed by atoms with van der Waals surface area (Å²) in [6, 6.07) is 14.3. The van der Waals surface area contributed by atoms with Crippen LogP contribution in [0.3, 0.4) is 0 Å². The van der Waals surface area contributed by atoms with Gasteiger partial charge >= 0.3 is 5.97 Å². The van der Waals surface area contributed by atoms with Crippen LogP contribution in [0.15, 0.2) is 48.5 Å². The molecule has 1 aliphatic heterocycles. The van der Waals surface area contributed by atoms with Gasteiger partial charge in [0.05, 0.1) is 5.92 Å². The summed E-state index contributed by atoms with van der Waals surface area (Å²) >= 11 is 5.87. The van der Waals surface area contributed by atoms with E-state index in [4.69, 9.17) is 16.3 Å². The fourth-order valence-electron chi connectivity index (χ4n) is 3.13. The van der Waals surface area contributed by atoms with Crippen molar-refractivity contribution < 1.29 is 19.1 Å². The molecule has 0 radical (unpaired) electrons. The largest absolute Gasteiger partial charge is 0.455 e. The third-order valence-corrected chi connectivity index (χ3v) is 4.87. The number of para-hydroxylation sites is 1. The van der Waals surface area contributed by atoms with Crippen LogP contribution in [0.1, 0.15) is 18.9 Å². The lowest BCUT2D eigenvalue weighted by Crippen LogP contribution is -2.28. The van der Waals surface area contributed by atoms with Crippen molar-refractivity contribution in [3.8, 4) is 0 Å². The second-order valence-electron chi connectivity index (χ2n) is 6.55. The van der Waals surface area contributed by atoms with Gasteiger partial charge in [-0.1, -0.05) is 36.7 Å². The summed E-state index contributed by atoms with van der Waals surface area (Å²) in [6.07, 6.45) is 0.836. The summed E-state index contributed by atoms with van der Waals surface area (Å²) in [5.41, 5.74) is 2.39. The highest BCUT2D eigenvalue weighted by atomic mass is 35.5. The maximum atomic E-state index is 12.3. The average Bonchev–Trinajstić information content (AvgIpc) is 3.09. The lowest BCUT2D eigenvalue weighted by molar-refractivity contribution is -0.151. The van der Waals surface area contributed by atoms with Crippen LogP contribution < -0.4 is 10.2 Å². The van der Waals surface area contributed by atoms with E-state index in [0.29, 0.717) is 16.4 Å². The lowest BCUT2D eigenvalue weighted by atomic mass is 10.1. The Hall–Kier alpha value is -2.86. The summed E-state index contributed by atoms with van der Waals surface area (Å²) in [5, 5.41) is 3.32. The quantitative estimate of drug-likeness (QED) is 0.753. The second kappa shape index (κ2) is 8.89. The first-order valence-electron chi connectivity index (χ1n) is 9.08. The van der Waals surface area contributed by atoms with Crippen LogP contribution in [-0.2, 0) is 25.5 Å². The molecule has 2 aromatic carbocycles. The molecule has 28 heavy (non-hydrogen) atoms. The van der Waals surface area contributed by atoms with E-state index >= 15 is 0 Å². The number of nitrogens with one attached hydrogen (secondary N) is 1. The third-order valence-electron chi connectivity index (χ3n) is 4.61. The van der Waals surface area contributed by atoms with Crippen molar-refractivity contribution in [3.05, 3.63) is 59.1 Å². The molecule has 0 saturated carbocycles. The van der Waals surface area contributed by atoms with E-state index in [1.165, 1.54) is 4.90 Å². The van der Waals surface area contributed by atoms with Gasteiger partial charge in [0.2, 0.25) is 5.91 Å². The van der Waals surface area contributed by atoms with E-state index in [1.807, 2.05) is 25.1 Å². The molecule has 1 N–H and O–H groups in total. The van der Waals surface area contributed by atoms with E-state index in [2.05, 4.69) is 5.32 Å². The summed E-state index contributed by atoms with van der Waals surface area (Å²) in [4.78, 5) is 38.2. The predicted octanol–water partition coefficient (Wildman–Crippen LogP) is 3.44. The van der Waals surface area contributed by atoms with E-state index in [1.54, 1.807) is 30.3 Å². The molecule has 1 fully saturated rings. The van der Waals surface area contributed by atoms with Gasteiger partial charge in [0.15, 0.2) is 6.61 Å². The third kappa shape index (κ3) is 4.70. The first-order valence-corrected chi connectivity index (χ1v) is 9.46. The minimum Gasteiger partial charge on any atom is -0.455 e. The highest BCUT2D eigenvalue weighted by Crippen LogP contribution is 2.27. The molecule has 1 heterocycles. The first kappa shape index (κ1) is 19.9. The van der Waals surface area contributed by atoms with Gasteiger partial charge in [0.1, 0.15) is 0 Å². The summed E-state index contributed by atoms with van der Waals surface area (Å²) < 4.78 is 5.13. The van der Waals surface area contributed by atoms with E-state index < -0.39 is 17.8 Å². The van der Waals surface area contributed by atoms with Gasteiger partial charge < -0.3 is 15.0 Å². The number of benzene rings is 2. The number of hydrogen-bond donors (Lipinski definition) is 1. The Balaban J connectivity index is 1.53. The number of rotatable bonds is 6. The number of ether oxygens (including phenoxy) is 1. The molecule has 0 aliphatic carbocycles. The van der Waals surface area contributed by atoms with Gasteiger partial charge in [-0.25, -0.2) is 0 Å². The molecule has 1 atom stereocenters. The number of aryl methyl sites for hydroxylation is 1. The maximum Gasteiger partial charge on any atom is 0.311 e. The normalized spacial score (nSPS) is 16.1. The first-order chi connectivity index (χ1) is 13.5. The Morgan fingerprint density at radius 3 is 2.61 bits per heavy atom. The van der Waals surface area contributed by atoms with Gasteiger partial charge in [0.25, 0.3) is 5.91 Å². The molecular weight excluding hydrogens is 380 g/mol. The fourth-order valence-corrected chi connectivity index (χ4v) is 3.25. The molecule has 0 spiro atoms. The number of carbonyl (C=O) groups excluding carboxylic acids is 3. The smallest absolute Gasteiger partial charge is 0.311 e. The molecule has 3 rings (SSSR count). The van der Waals surface area contributed by atoms with Crippen molar-refractivity contribution in [1.29, 1.82) is 0 Å². The Kier molecular flexibility index (Phi) is 6.31. The monoisotopic (exact) mass is 400 g/mol. The van der Waals surface area contributed by atoms with E-state index in [0.717, 1.165) is 12.0 Å². The summed E-state index contributed by atoms with van der Waals surface area (Å²) in [7, 11) is 0. The zero-order valence-corrected chi connectivity index (χ0v) is 16.2. The molecule has 1 aliphatic rings. The van der Waals surface area contributed by atoms with Gasteiger partial charge in [-0.05, 0) is 42.3 Å². The highest BCUT2D eigenvalue weighted by molar-refractivity contribution is 6.30. The number of carbonyl (C=O) groups is 3. The fraction of sp³-hybridized carbons (Fsp3) is 0.286. The van der Waals surface area contributed by atoms with Crippen LogP contribution in [-0.4, -0.2) is 30.9 Å². The van der Waals surface area contributed by atoms with Crippen LogP contribution in [0.5, 0.6) is 0 Å².